The zero-order valence-electron chi connectivity index (χ0n) is 14.6. The standard InChI is InChI=1S/C21H20N2O3/c1-14-7-6-8-15(13-14)20(24)22-18-19(23-11-4-5-12-23)16-9-2-3-10-17(16)26-21(18)25/h2-3,6-10,13H,4-5,11-12H2,1H3,(H,22,24). The number of nitrogens with one attached hydrogen (secondary N) is 1. The molecule has 1 saturated heterocycles. The number of benzene rings is 2. The summed E-state index contributed by atoms with van der Waals surface area (Å²) in [7, 11) is 0. The molecule has 0 bridgehead atoms. The Kier molecular flexibility index (Phi) is 4.21. The van der Waals surface area contributed by atoms with Crippen molar-refractivity contribution < 1.29 is 9.21 Å². The summed E-state index contributed by atoms with van der Waals surface area (Å²) >= 11 is 0. The molecule has 1 aliphatic rings. The van der Waals surface area contributed by atoms with E-state index in [-0.39, 0.29) is 11.6 Å². The summed E-state index contributed by atoms with van der Waals surface area (Å²) in [6, 6.07) is 14.7. The second-order valence-electron chi connectivity index (χ2n) is 6.63. The zero-order chi connectivity index (χ0) is 18.1. The van der Waals surface area contributed by atoms with Crippen molar-refractivity contribution in [2.75, 3.05) is 23.3 Å². The number of anilines is 2. The lowest BCUT2D eigenvalue weighted by atomic mass is 10.1. The molecule has 0 radical (unpaired) electrons. The molecule has 0 atom stereocenters. The zero-order valence-corrected chi connectivity index (χ0v) is 14.6. The van der Waals surface area contributed by atoms with E-state index in [0.29, 0.717) is 11.1 Å². The van der Waals surface area contributed by atoms with Crippen LogP contribution in [0.2, 0.25) is 0 Å². The predicted molar refractivity (Wildman–Crippen MR) is 103 cm³/mol. The molecule has 4 rings (SSSR count). The van der Waals surface area contributed by atoms with Crippen LogP contribution in [0.15, 0.2) is 57.7 Å². The Morgan fingerprint density at radius 2 is 1.85 bits per heavy atom. The number of hydrogen-bond acceptors (Lipinski definition) is 4. The number of carbonyl (C=O) groups is 1. The second-order valence-corrected chi connectivity index (χ2v) is 6.63. The van der Waals surface area contributed by atoms with E-state index in [1.54, 1.807) is 18.2 Å². The number of rotatable bonds is 3. The molecule has 5 nitrogen and oxygen atoms in total. The van der Waals surface area contributed by atoms with E-state index < -0.39 is 5.63 Å². The van der Waals surface area contributed by atoms with E-state index in [9.17, 15) is 9.59 Å². The molecule has 0 aliphatic carbocycles. The van der Waals surface area contributed by atoms with Crippen LogP contribution >= 0.6 is 0 Å². The van der Waals surface area contributed by atoms with Crippen molar-refractivity contribution in [3.63, 3.8) is 0 Å². The minimum atomic E-state index is -0.522. The minimum Gasteiger partial charge on any atom is -0.421 e. The molecule has 0 unspecified atom stereocenters. The highest BCUT2D eigenvalue weighted by atomic mass is 16.4. The highest BCUT2D eigenvalue weighted by Crippen LogP contribution is 2.34. The molecule has 1 amide bonds. The number of carbonyl (C=O) groups excluding carboxylic acids is 1. The van der Waals surface area contributed by atoms with Gasteiger partial charge in [0.25, 0.3) is 5.91 Å². The van der Waals surface area contributed by atoms with Gasteiger partial charge in [-0.2, -0.15) is 0 Å². The molecule has 3 aromatic rings. The smallest absolute Gasteiger partial charge is 0.362 e. The van der Waals surface area contributed by atoms with E-state index in [1.807, 2.05) is 37.3 Å². The number of aryl methyl sites for hydroxylation is 1. The fourth-order valence-corrected chi connectivity index (χ4v) is 3.48. The summed E-state index contributed by atoms with van der Waals surface area (Å²) < 4.78 is 5.46. The van der Waals surface area contributed by atoms with Crippen molar-refractivity contribution in [3.8, 4) is 0 Å². The first-order chi connectivity index (χ1) is 12.6. The van der Waals surface area contributed by atoms with Crippen LogP contribution in [0.25, 0.3) is 11.0 Å². The first-order valence-electron chi connectivity index (χ1n) is 8.82. The van der Waals surface area contributed by atoms with Gasteiger partial charge in [0, 0.05) is 24.0 Å². The van der Waals surface area contributed by atoms with Crippen LogP contribution in [0.1, 0.15) is 28.8 Å². The SMILES string of the molecule is Cc1cccc(C(=O)Nc2c(N3CCCC3)c3ccccc3oc2=O)c1. The Morgan fingerprint density at radius 3 is 2.62 bits per heavy atom. The van der Waals surface area contributed by atoms with Crippen molar-refractivity contribution in [1.82, 2.24) is 0 Å². The van der Waals surface area contributed by atoms with Crippen molar-refractivity contribution >= 4 is 28.3 Å². The average molecular weight is 348 g/mol. The van der Waals surface area contributed by atoms with E-state index in [4.69, 9.17) is 4.42 Å². The van der Waals surface area contributed by atoms with Gasteiger partial charge >= 0.3 is 5.63 Å². The Bertz CT molecular complexity index is 1030. The lowest BCUT2D eigenvalue weighted by molar-refractivity contribution is 0.102. The number of nitrogens with zero attached hydrogens (tertiary/aromatic N) is 1. The molecule has 2 heterocycles. The first-order valence-corrected chi connectivity index (χ1v) is 8.82. The van der Waals surface area contributed by atoms with Gasteiger partial charge in [0.2, 0.25) is 0 Å². The topological polar surface area (TPSA) is 62.6 Å². The van der Waals surface area contributed by atoms with Gasteiger partial charge in [0.05, 0.1) is 5.69 Å². The van der Waals surface area contributed by atoms with E-state index in [0.717, 1.165) is 42.6 Å². The molecule has 1 aromatic heterocycles. The molecular weight excluding hydrogens is 328 g/mol. The van der Waals surface area contributed by atoms with Crippen LogP contribution in [-0.2, 0) is 0 Å². The summed E-state index contributed by atoms with van der Waals surface area (Å²) in [5.41, 5.74) is 2.50. The van der Waals surface area contributed by atoms with Crippen molar-refractivity contribution in [2.45, 2.75) is 19.8 Å². The largest absolute Gasteiger partial charge is 0.421 e. The van der Waals surface area contributed by atoms with E-state index >= 15 is 0 Å². The molecule has 1 fully saturated rings. The number of hydrogen-bond donors (Lipinski definition) is 1. The van der Waals surface area contributed by atoms with Gasteiger partial charge in [0.15, 0.2) is 5.69 Å². The first kappa shape index (κ1) is 16.4. The lowest BCUT2D eigenvalue weighted by Crippen LogP contribution is -2.25. The minimum absolute atomic E-state index is 0.220. The maximum Gasteiger partial charge on any atom is 0.362 e. The lowest BCUT2D eigenvalue weighted by Gasteiger charge is -2.22. The molecule has 132 valence electrons. The average Bonchev–Trinajstić information content (AvgIpc) is 3.16. The highest BCUT2D eigenvalue weighted by Gasteiger charge is 2.24. The molecule has 5 heteroatoms. The summed E-state index contributed by atoms with van der Waals surface area (Å²) in [5.74, 6) is -0.309. The van der Waals surface area contributed by atoms with Gasteiger partial charge in [-0.1, -0.05) is 29.8 Å². The fourth-order valence-electron chi connectivity index (χ4n) is 3.48. The summed E-state index contributed by atoms with van der Waals surface area (Å²) in [6.07, 6.45) is 2.14. The Labute approximate surface area is 151 Å². The Morgan fingerprint density at radius 1 is 1.08 bits per heavy atom. The molecule has 1 aliphatic heterocycles. The Balaban J connectivity index is 1.83. The summed E-state index contributed by atoms with van der Waals surface area (Å²) in [6.45, 7) is 3.65. The van der Waals surface area contributed by atoms with E-state index in [1.165, 1.54) is 0 Å². The third kappa shape index (κ3) is 2.96. The van der Waals surface area contributed by atoms with Crippen LogP contribution in [0.3, 0.4) is 0 Å². The third-order valence-corrected chi connectivity index (χ3v) is 4.73. The normalized spacial score (nSPS) is 14.0. The third-order valence-electron chi connectivity index (χ3n) is 4.73. The van der Waals surface area contributed by atoms with Crippen LogP contribution in [0.4, 0.5) is 11.4 Å². The van der Waals surface area contributed by atoms with Crippen molar-refractivity contribution in [1.29, 1.82) is 0 Å². The van der Waals surface area contributed by atoms with Crippen LogP contribution in [-0.4, -0.2) is 19.0 Å². The monoisotopic (exact) mass is 348 g/mol. The molecule has 1 N–H and O–H groups in total. The van der Waals surface area contributed by atoms with E-state index in [2.05, 4.69) is 10.2 Å². The molecule has 2 aromatic carbocycles. The molecule has 0 saturated carbocycles. The summed E-state index contributed by atoms with van der Waals surface area (Å²) in [5, 5.41) is 3.65. The molecular formula is C21H20N2O3. The number of para-hydroxylation sites is 1. The van der Waals surface area contributed by atoms with Crippen molar-refractivity contribution in [3.05, 3.63) is 70.1 Å². The van der Waals surface area contributed by atoms with Gasteiger partial charge in [0.1, 0.15) is 5.58 Å². The second kappa shape index (κ2) is 6.67. The number of amides is 1. The van der Waals surface area contributed by atoms with Gasteiger partial charge < -0.3 is 14.6 Å². The maximum atomic E-state index is 12.7. The van der Waals surface area contributed by atoms with Gasteiger partial charge in [-0.05, 0) is 44.0 Å². The maximum absolute atomic E-state index is 12.7. The van der Waals surface area contributed by atoms with Gasteiger partial charge in [-0.3, -0.25) is 4.79 Å². The molecule has 26 heavy (non-hydrogen) atoms. The number of fused-ring (bicyclic) bond motifs is 1. The van der Waals surface area contributed by atoms with Crippen LogP contribution in [0, 0.1) is 6.92 Å². The van der Waals surface area contributed by atoms with Crippen LogP contribution < -0.4 is 15.8 Å². The molecule has 0 spiro atoms. The van der Waals surface area contributed by atoms with Gasteiger partial charge in [-0.15, -0.1) is 0 Å². The summed E-state index contributed by atoms with van der Waals surface area (Å²) in [4.78, 5) is 27.5. The predicted octanol–water partition coefficient (Wildman–Crippen LogP) is 3.95. The highest BCUT2D eigenvalue weighted by molar-refractivity contribution is 6.08. The van der Waals surface area contributed by atoms with Crippen LogP contribution in [0.5, 0.6) is 0 Å². The van der Waals surface area contributed by atoms with Crippen molar-refractivity contribution in [2.24, 2.45) is 0 Å². The quantitative estimate of drug-likeness (QED) is 0.728. The fraction of sp³-hybridized carbons (Fsp3) is 0.238. The Hall–Kier alpha value is -3.08. The van der Waals surface area contributed by atoms with Gasteiger partial charge in [-0.25, -0.2) is 4.79 Å².